The molecule has 0 aliphatic carbocycles. The lowest BCUT2D eigenvalue weighted by molar-refractivity contribution is -0.122. The maximum absolute atomic E-state index is 12.2. The second kappa shape index (κ2) is 6.81. The van der Waals surface area contributed by atoms with Crippen LogP contribution in [0.3, 0.4) is 0 Å². The molecule has 1 aromatic carbocycles. The van der Waals surface area contributed by atoms with Crippen molar-refractivity contribution in [3.8, 4) is 0 Å². The van der Waals surface area contributed by atoms with Crippen LogP contribution in [0.25, 0.3) is 0 Å². The van der Waals surface area contributed by atoms with Crippen molar-refractivity contribution in [3.05, 3.63) is 27.7 Å². The van der Waals surface area contributed by atoms with Gasteiger partial charge in [-0.05, 0) is 26.0 Å². The topological polar surface area (TPSA) is 75.4 Å². The number of likely N-dealkylation sites (N-methyl/N-ethyl adjacent to an activating group) is 1. The van der Waals surface area contributed by atoms with Crippen molar-refractivity contribution < 1.29 is 9.59 Å². The maximum atomic E-state index is 12.2. The fourth-order valence-electron chi connectivity index (χ4n) is 1.58. The average molecular weight is 318 g/mol. The van der Waals surface area contributed by atoms with E-state index in [1.54, 1.807) is 0 Å². The van der Waals surface area contributed by atoms with Crippen molar-refractivity contribution in [2.24, 2.45) is 0 Å². The first-order valence-corrected chi connectivity index (χ1v) is 6.77. The fourth-order valence-corrected chi connectivity index (χ4v) is 2.07. The summed E-state index contributed by atoms with van der Waals surface area (Å²) in [6, 6.07) is 2.88. The van der Waals surface area contributed by atoms with Gasteiger partial charge in [0, 0.05) is 18.7 Å². The molecule has 1 aromatic rings. The number of nitrogens with one attached hydrogen (secondary N) is 1. The van der Waals surface area contributed by atoms with Crippen molar-refractivity contribution in [3.63, 3.8) is 0 Å². The number of rotatable bonds is 4. The molecule has 0 aromatic heterocycles. The van der Waals surface area contributed by atoms with E-state index in [1.165, 1.54) is 24.1 Å². The normalized spacial score (nSPS) is 10.5. The summed E-state index contributed by atoms with van der Waals surface area (Å²) >= 11 is 11.8. The molecule has 5 nitrogen and oxygen atoms in total. The number of carbonyl (C=O) groups is 2. The Morgan fingerprint density at radius 3 is 2.25 bits per heavy atom. The fraction of sp³-hybridized carbons (Fsp3) is 0.385. The standard InChI is InChI=1S/C13H17Cl2N3O2/c1-7(2)17-11(19)6-18(3)13(20)8-4-9(14)12(16)10(15)5-8/h4-5,7H,6,16H2,1-3H3,(H,17,19). The number of amides is 2. The van der Waals surface area contributed by atoms with Crippen LogP contribution in [0.1, 0.15) is 24.2 Å². The summed E-state index contributed by atoms with van der Waals surface area (Å²) in [6.07, 6.45) is 0. The van der Waals surface area contributed by atoms with Crippen LogP contribution in [-0.4, -0.2) is 36.3 Å². The van der Waals surface area contributed by atoms with Gasteiger partial charge in [0.2, 0.25) is 5.91 Å². The maximum Gasteiger partial charge on any atom is 0.254 e. The van der Waals surface area contributed by atoms with Gasteiger partial charge in [-0.1, -0.05) is 23.2 Å². The summed E-state index contributed by atoms with van der Waals surface area (Å²) in [5, 5.41) is 3.13. The van der Waals surface area contributed by atoms with Gasteiger partial charge in [0.25, 0.3) is 5.91 Å². The predicted octanol–water partition coefficient (Wildman–Crippen LogP) is 2.17. The van der Waals surface area contributed by atoms with Crippen molar-refractivity contribution in [1.29, 1.82) is 0 Å². The van der Waals surface area contributed by atoms with Crippen LogP contribution in [0, 0.1) is 0 Å². The molecule has 0 aliphatic heterocycles. The monoisotopic (exact) mass is 317 g/mol. The lowest BCUT2D eigenvalue weighted by atomic mass is 10.2. The molecule has 0 spiro atoms. The molecule has 0 atom stereocenters. The van der Waals surface area contributed by atoms with E-state index >= 15 is 0 Å². The number of carbonyl (C=O) groups excluding carboxylic acids is 2. The summed E-state index contributed by atoms with van der Waals surface area (Å²) in [6.45, 7) is 3.65. The molecule has 0 bridgehead atoms. The van der Waals surface area contributed by atoms with E-state index in [1.807, 2.05) is 13.8 Å². The smallest absolute Gasteiger partial charge is 0.254 e. The third-order valence-corrected chi connectivity index (χ3v) is 3.13. The van der Waals surface area contributed by atoms with E-state index in [0.717, 1.165) is 0 Å². The zero-order valence-corrected chi connectivity index (χ0v) is 13.0. The van der Waals surface area contributed by atoms with Crippen molar-refractivity contribution in [2.75, 3.05) is 19.3 Å². The second-order valence-corrected chi connectivity index (χ2v) is 5.55. The Morgan fingerprint density at radius 1 is 1.30 bits per heavy atom. The minimum absolute atomic E-state index is 0.0198. The van der Waals surface area contributed by atoms with Gasteiger partial charge in [0.15, 0.2) is 0 Å². The molecule has 3 N–H and O–H groups in total. The number of nitrogen functional groups attached to an aromatic ring is 1. The quantitative estimate of drug-likeness (QED) is 0.836. The van der Waals surface area contributed by atoms with Gasteiger partial charge in [-0.3, -0.25) is 9.59 Å². The van der Waals surface area contributed by atoms with E-state index in [0.29, 0.717) is 0 Å². The molecule has 0 saturated heterocycles. The molecular weight excluding hydrogens is 301 g/mol. The van der Waals surface area contributed by atoms with Gasteiger partial charge in [-0.15, -0.1) is 0 Å². The Hall–Kier alpha value is -1.46. The van der Waals surface area contributed by atoms with Gasteiger partial charge in [-0.2, -0.15) is 0 Å². The van der Waals surface area contributed by atoms with Gasteiger partial charge >= 0.3 is 0 Å². The highest BCUT2D eigenvalue weighted by atomic mass is 35.5. The number of nitrogens with zero attached hydrogens (tertiary/aromatic N) is 1. The zero-order valence-electron chi connectivity index (χ0n) is 11.5. The minimum atomic E-state index is -0.354. The summed E-state index contributed by atoms with van der Waals surface area (Å²) in [4.78, 5) is 25.1. The van der Waals surface area contributed by atoms with Crippen LogP contribution in [0.4, 0.5) is 5.69 Å². The van der Waals surface area contributed by atoms with E-state index in [2.05, 4.69) is 5.32 Å². The van der Waals surface area contributed by atoms with E-state index < -0.39 is 0 Å². The van der Waals surface area contributed by atoms with Crippen LogP contribution in [0.5, 0.6) is 0 Å². The minimum Gasteiger partial charge on any atom is -0.396 e. The highest BCUT2D eigenvalue weighted by Gasteiger charge is 2.17. The number of nitrogens with two attached hydrogens (primary N) is 1. The lowest BCUT2D eigenvalue weighted by Crippen LogP contribution is -2.40. The SMILES string of the molecule is CC(C)NC(=O)CN(C)C(=O)c1cc(Cl)c(N)c(Cl)c1. The summed E-state index contributed by atoms with van der Waals surface area (Å²) < 4.78 is 0. The van der Waals surface area contributed by atoms with Crippen LogP contribution >= 0.6 is 23.2 Å². The third-order valence-electron chi connectivity index (χ3n) is 2.50. The molecule has 2 amide bonds. The average Bonchev–Trinajstić information content (AvgIpc) is 2.33. The largest absolute Gasteiger partial charge is 0.396 e. The van der Waals surface area contributed by atoms with Crippen LogP contribution in [-0.2, 0) is 4.79 Å². The summed E-state index contributed by atoms with van der Waals surface area (Å²) in [5.74, 6) is -0.587. The first-order chi connectivity index (χ1) is 9.22. The number of hydrogen-bond donors (Lipinski definition) is 2. The summed E-state index contributed by atoms with van der Waals surface area (Å²) in [5.41, 5.74) is 6.12. The number of anilines is 1. The van der Waals surface area contributed by atoms with Crippen molar-refractivity contribution in [1.82, 2.24) is 10.2 Å². The molecule has 110 valence electrons. The van der Waals surface area contributed by atoms with Crippen molar-refractivity contribution in [2.45, 2.75) is 19.9 Å². The molecule has 1 rings (SSSR count). The first-order valence-electron chi connectivity index (χ1n) is 6.01. The Morgan fingerprint density at radius 2 is 1.80 bits per heavy atom. The van der Waals surface area contributed by atoms with Crippen LogP contribution in [0.15, 0.2) is 12.1 Å². The molecular formula is C13H17Cl2N3O2. The Kier molecular flexibility index (Phi) is 5.65. The molecule has 0 saturated carbocycles. The Labute approximate surface area is 128 Å². The second-order valence-electron chi connectivity index (χ2n) is 4.74. The number of hydrogen-bond acceptors (Lipinski definition) is 3. The van der Waals surface area contributed by atoms with Crippen LogP contribution < -0.4 is 11.1 Å². The zero-order chi connectivity index (χ0) is 15.4. The highest BCUT2D eigenvalue weighted by Crippen LogP contribution is 2.29. The molecule has 0 radical (unpaired) electrons. The van der Waals surface area contributed by atoms with Gasteiger partial charge in [-0.25, -0.2) is 0 Å². The lowest BCUT2D eigenvalue weighted by Gasteiger charge is -2.18. The molecule has 7 heteroatoms. The summed E-state index contributed by atoms with van der Waals surface area (Å²) in [7, 11) is 1.53. The number of halogens is 2. The van der Waals surface area contributed by atoms with E-state index in [9.17, 15) is 9.59 Å². The van der Waals surface area contributed by atoms with Gasteiger partial charge < -0.3 is 16.0 Å². The highest BCUT2D eigenvalue weighted by molar-refractivity contribution is 6.39. The Balaban J connectivity index is 2.82. The van der Waals surface area contributed by atoms with Gasteiger partial charge in [0.1, 0.15) is 0 Å². The molecule has 0 unspecified atom stereocenters. The molecule has 0 fully saturated rings. The van der Waals surface area contributed by atoms with E-state index in [4.69, 9.17) is 28.9 Å². The third kappa shape index (κ3) is 4.28. The van der Waals surface area contributed by atoms with Gasteiger partial charge in [0.05, 0.1) is 22.3 Å². The molecule has 0 aliphatic rings. The molecule has 0 heterocycles. The Bertz CT molecular complexity index is 509. The number of benzene rings is 1. The predicted molar refractivity (Wildman–Crippen MR) is 81.1 cm³/mol. The van der Waals surface area contributed by atoms with E-state index in [-0.39, 0.29) is 45.7 Å². The van der Waals surface area contributed by atoms with Crippen LogP contribution in [0.2, 0.25) is 10.0 Å². The first kappa shape index (κ1) is 16.6. The van der Waals surface area contributed by atoms with Crippen molar-refractivity contribution >= 4 is 40.7 Å². The molecule has 20 heavy (non-hydrogen) atoms.